The van der Waals surface area contributed by atoms with Gasteiger partial charge in [-0.1, -0.05) is 25.5 Å². The topological polar surface area (TPSA) is 58.6 Å². The highest BCUT2D eigenvalue weighted by molar-refractivity contribution is 5.88. The van der Waals surface area contributed by atoms with Gasteiger partial charge >= 0.3 is 6.09 Å². The maximum atomic E-state index is 12.5. The van der Waals surface area contributed by atoms with Gasteiger partial charge in [0.15, 0.2) is 0 Å². The second-order valence-corrected chi connectivity index (χ2v) is 9.18. The van der Waals surface area contributed by atoms with Gasteiger partial charge in [0.2, 0.25) is 5.91 Å². The van der Waals surface area contributed by atoms with E-state index in [1.165, 1.54) is 17.6 Å². The van der Waals surface area contributed by atoms with Crippen LogP contribution in [0.3, 0.4) is 0 Å². The number of hydrogen-bond donors (Lipinski definition) is 1. The van der Waals surface area contributed by atoms with E-state index in [1.54, 1.807) is 11.0 Å². The van der Waals surface area contributed by atoms with E-state index < -0.39 is 11.7 Å². The minimum Gasteiger partial charge on any atom is -0.444 e. The third kappa shape index (κ3) is 5.61. The van der Waals surface area contributed by atoms with Crippen LogP contribution in [0.4, 0.5) is 4.79 Å². The second kappa shape index (κ2) is 7.85. The number of hydrogen-bond acceptors (Lipinski definition) is 3. The Balaban J connectivity index is 1.90. The Labute approximate surface area is 157 Å². The van der Waals surface area contributed by atoms with Crippen molar-refractivity contribution in [1.29, 1.82) is 0 Å². The number of carbonyl (C=O) groups is 2. The molecular formula is C21H34N2O3. The van der Waals surface area contributed by atoms with Gasteiger partial charge in [0, 0.05) is 19.2 Å². The lowest BCUT2D eigenvalue weighted by Gasteiger charge is -2.33. The van der Waals surface area contributed by atoms with Crippen molar-refractivity contribution in [3.8, 4) is 0 Å². The Hall–Kier alpha value is -1.78. The molecule has 0 aromatic rings. The monoisotopic (exact) mass is 362 g/mol. The lowest BCUT2D eigenvalue weighted by atomic mass is 9.72. The molecule has 5 heteroatoms. The van der Waals surface area contributed by atoms with E-state index in [4.69, 9.17) is 4.74 Å². The molecule has 1 aliphatic heterocycles. The zero-order chi connectivity index (χ0) is 19.5. The SMILES string of the molecule is CC1=C(/C=C/C(=O)N2CCC(NC(=O)OC(C)(C)C)C2)C(C)(C)CCC1. The van der Waals surface area contributed by atoms with Gasteiger partial charge in [-0.15, -0.1) is 0 Å². The largest absolute Gasteiger partial charge is 0.444 e. The Kier molecular flexibility index (Phi) is 6.20. The normalized spacial score (nSPS) is 23.5. The molecule has 0 spiro atoms. The van der Waals surface area contributed by atoms with Gasteiger partial charge in [-0.3, -0.25) is 4.79 Å². The summed E-state index contributed by atoms with van der Waals surface area (Å²) < 4.78 is 5.28. The van der Waals surface area contributed by atoms with E-state index in [0.29, 0.717) is 13.1 Å². The molecule has 2 amide bonds. The third-order valence-electron chi connectivity index (χ3n) is 5.16. The fourth-order valence-corrected chi connectivity index (χ4v) is 3.82. The van der Waals surface area contributed by atoms with Gasteiger partial charge < -0.3 is 15.0 Å². The first-order valence-corrected chi connectivity index (χ1v) is 9.65. The van der Waals surface area contributed by atoms with E-state index >= 15 is 0 Å². The molecule has 0 bridgehead atoms. The fourth-order valence-electron chi connectivity index (χ4n) is 3.82. The predicted octanol–water partition coefficient (Wildman–Crippen LogP) is 4.19. The number of amides is 2. The van der Waals surface area contributed by atoms with Crippen molar-refractivity contribution in [2.24, 2.45) is 5.41 Å². The van der Waals surface area contributed by atoms with E-state index in [1.807, 2.05) is 26.8 Å². The molecule has 1 heterocycles. The van der Waals surface area contributed by atoms with Gasteiger partial charge in [-0.05, 0) is 64.4 Å². The number of nitrogens with zero attached hydrogens (tertiary/aromatic N) is 1. The van der Waals surface area contributed by atoms with E-state index in [9.17, 15) is 9.59 Å². The van der Waals surface area contributed by atoms with E-state index in [-0.39, 0.29) is 17.4 Å². The molecule has 5 nitrogen and oxygen atoms in total. The van der Waals surface area contributed by atoms with Crippen molar-refractivity contribution < 1.29 is 14.3 Å². The van der Waals surface area contributed by atoms with Crippen molar-refractivity contribution in [2.45, 2.75) is 78.9 Å². The van der Waals surface area contributed by atoms with Crippen molar-refractivity contribution in [1.82, 2.24) is 10.2 Å². The van der Waals surface area contributed by atoms with Gasteiger partial charge in [0.05, 0.1) is 6.04 Å². The van der Waals surface area contributed by atoms with Crippen LogP contribution in [0.2, 0.25) is 0 Å². The van der Waals surface area contributed by atoms with Crippen LogP contribution in [0, 0.1) is 5.41 Å². The molecule has 1 fully saturated rings. The molecule has 26 heavy (non-hydrogen) atoms. The molecular weight excluding hydrogens is 328 g/mol. The first-order chi connectivity index (χ1) is 12.0. The average Bonchev–Trinajstić information content (AvgIpc) is 2.92. The number of carbonyl (C=O) groups excluding carboxylic acids is 2. The molecule has 0 saturated carbocycles. The molecule has 1 aliphatic carbocycles. The van der Waals surface area contributed by atoms with Crippen LogP contribution < -0.4 is 5.32 Å². The van der Waals surface area contributed by atoms with E-state index in [0.717, 1.165) is 19.3 Å². The van der Waals surface area contributed by atoms with Gasteiger partial charge in [-0.25, -0.2) is 4.79 Å². The van der Waals surface area contributed by atoms with Crippen LogP contribution in [0.25, 0.3) is 0 Å². The maximum absolute atomic E-state index is 12.5. The van der Waals surface area contributed by atoms with Crippen LogP contribution >= 0.6 is 0 Å². The van der Waals surface area contributed by atoms with Crippen molar-refractivity contribution in [2.75, 3.05) is 13.1 Å². The molecule has 146 valence electrons. The summed E-state index contributed by atoms with van der Waals surface area (Å²) in [4.78, 5) is 26.2. The molecule has 1 N–H and O–H groups in total. The zero-order valence-corrected chi connectivity index (χ0v) is 17.1. The van der Waals surface area contributed by atoms with Crippen LogP contribution in [-0.2, 0) is 9.53 Å². The van der Waals surface area contributed by atoms with Gasteiger partial charge in [-0.2, -0.15) is 0 Å². The summed E-state index contributed by atoms with van der Waals surface area (Å²) in [6, 6.07) is -0.0470. The average molecular weight is 363 g/mol. The van der Waals surface area contributed by atoms with Crippen molar-refractivity contribution >= 4 is 12.0 Å². The third-order valence-corrected chi connectivity index (χ3v) is 5.16. The summed E-state index contributed by atoms with van der Waals surface area (Å²) in [5.41, 5.74) is 2.29. The van der Waals surface area contributed by atoms with Crippen LogP contribution in [0.15, 0.2) is 23.3 Å². The molecule has 2 rings (SSSR count). The maximum Gasteiger partial charge on any atom is 0.407 e. The highest BCUT2D eigenvalue weighted by Crippen LogP contribution is 2.40. The summed E-state index contributed by atoms with van der Waals surface area (Å²) in [6.07, 6.45) is 7.53. The summed E-state index contributed by atoms with van der Waals surface area (Å²) >= 11 is 0. The first kappa shape index (κ1) is 20.5. The molecule has 2 aliphatic rings. The number of alkyl carbamates (subject to hydrolysis) is 1. The van der Waals surface area contributed by atoms with Crippen LogP contribution in [0.5, 0.6) is 0 Å². The highest BCUT2D eigenvalue weighted by atomic mass is 16.6. The van der Waals surface area contributed by atoms with Crippen LogP contribution in [-0.4, -0.2) is 41.6 Å². The van der Waals surface area contributed by atoms with Gasteiger partial charge in [0.1, 0.15) is 5.60 Å². The lowest BCUT2D eigenvalue weighted by Crippen LogP contribution is -2.41. The highest BCUT2D eigenvalue weighted by Gasteiger charge is 2.29. The molecule has 1 unspecified atom stereocenters. The Morgan fingerprint density at radius 3 is 2.62 bits per heavy atom. The molecule has 0 aromatic heterocycles. The number of nitrogens with one attached hydrogen (secondary N) is 1. The van der Waals surface area contributed by atoms with Gasteiger partial charge in [0.25, 0.3) is 0 Å². The first-order valence-electron chi connectivity index (χ1n) is 9.65. The van der Waals surface area contributed by atoms with Crippen molar-refractivity contribution in [3.05, 3.63) is 23.3 Å². The number of likely N-dealkylation sites (tertiary alicyclic amines) is 1. The standard InChI is InChI=1S/C21H34N2O3/c1-15-8-7-12-21(5,6)17(15)9-10-18(24)23-13-11-16(14-23)22-19(25)26-20(2,3)4/h9-10,16H,7-8,11-14H2,1-6H3,(H,22,25)/b10-9+. The summed E-state index contributed by atoms with van der Waals surface area (Å²) in [7, 11) is 0. The van der Waals surface area contributed by atoms with E-state index in [2.05, 4.69) is 26.1 Å². The molecule has 1 saturated heterocycles. The second-order valence-electron chi connectivity index (χ2n) is 9.18. The summed E-state index contributed by atoms with van der Waals surface area (Å²) in [6.45, 7) is 13.4. The quantitative estimate of drug-likeness (QED) is 0.766. The lowest BCUT2D eigenvalue weighted by molar-refractivity contribution is -0.125. The zero-order valence-electron chi connectivity index (χ0n) is 17.1. The fraction of sp³-hybridized carbons (Fsp3) is 0.714. The molecule has 0 radical (unpaired) electrons. The summed E-state index contributed by atoms with van der Waals surface area (Å²) in [5.74, 6) is 0.0140. The predicted molar refractivity (Wildman–Crippen MR) is 104 cm³/mol. The number of ether oxygens (including phenoxy) is 1. The Bertz CT molecular complexity index is 611. The Morgan fingerprint density at radius 1 is 1.31 bits per heavy atom. The number of rotatable bonds is 3. The minimum absolute atomic E-state index is 0.0140. The smallest absolute Gasteiger partial charge is 0.407 e. The minimum atomic E-state index is -0.515. The van der Waals surface area contributed by atoms with Crippen LogP contribution in [0.1, 0.15) is 67.2 Å². The van der Waals surface area contributed by atoms with Crippen molar-refractivity contribution in [3.63, 3.8) is 0 Å². The molecule has 1 atom stereocenters. The molecule has 0 aromatic carbocycles. The Morgan fingerprint density at radius 2 is 2.00 bits per heavy atom. The summed E-state index contributed by atoms with van der Waals surface area (Å²) in [5, 5.41) is 2.86. The number of allylic oxidation sites excluding steroid dienone is 3.